The first-order chi connectivity index (χ1) is 8.60. The van der Waals surface area contributed by atoms with Gasteiger partial charge in [-0.25, -0.2) is 0 Å². The summed E-state index contributed by atoms with van der Waals surface area (Å²) >= 11 is 5.77. The topological polar surface area (TPSA) is 51.5 Å². The van der Waals surface area contributed by atoms with Crippen molar-refractivity contribution in [3.8, 4) is 11.5 Å². The van der Waals surface area contributed by atoms with E-state index in [9.17, 15) is 9.90 Å². The van der Waals surface area contributed by atoms with Crippen molar-refractivity contribution in [2.75, 3.05) is 7.11 Å². The summed E-state index contributed by atoms with van der Waals surface area (Å²) in [6, 6.07) is 8.48. The monoisotopic (exact) mass is 265 g/mol. The number of hydrogen-bond acceptors (Lipinski definition) is 3. The average Bonchev–Trinajstić information content (AvgIpc) is 2.37. The molecule has 0 unspecified atom stereocenters. The second-order valence-corrected chi connectivity index (χ2v) is 4.23. The maximum atomic E-state index is 11.6. The van der Waals surface area contributed by atoms with E-state index in [0.717, 1.165) is 17.4 Å². The van der Waals surface area contributed by atoms with Gasteiger partial charge in [0.1, 0.15) is 11.5 Å². The number of pyridine rings is 1. The normalized spacial score (nSPS) is 10.3. The number of halogens is 1. The summed E-state index contributed by atoms with van der Waals surface area (Å²) in [6.07, 6.45) is 1.42. The van der Waals surface area contributed by atoms with E-state index in [-0.39, 0.29) is 16.3 Å². The molecule has 1 aromatic heterocycles. The lowest BCUT2D eigenvalue weighted by Crippen LogP contribution is -2.18. The van der Waals surface area contributed by atoms with Gasteiger partial charge in [-0.1, -0.05) is 23.7 Å². The number of aromatic nitrogens is 1. The van der Waals surface area contributed by atoms with Crippen LogP contribution in [-0.4, -0.2) is 16.8 Å². The van der Waals surface area contributed by atoms with Crippen molar-refractivity contribution in [3.63, 3.8) is 0 Å². The second-order valence-electron chi connectivity index (χ2n) is 3.82. The molecule has 0 atom stereocenters. The van der Waals surface area contributed by atoms with E-state index in [0.29, 0.717) is 6.54 Å². The Hall–Kier alpha value is -1.94. The Balaban J connectivity index is 2.28. The van der Waals surface area contributed by atoms with E-state index in [1.165, 1.54) is 10.8 Å². The molecule has 0 aliphatic carbocycles. The van der Waals surface area contributed by atoms with Crippen molar-refractivity contribution in [2.45, 2.75) is 6.54 Å². The molecular formula is C13H12ClNO3. The van der Waals surface area contributed by atoms with Gasteiger partial charge in [-0.05, 0) is 17.7 Å². The number of hydrogen-bond donors (Lipinski definition) is 1. The van der Waals surface area contributed by atoms with Crippen LogP contribution in [0.15, 0.2) is 41.3 Å². The zero-order valence-corrected chi connectivity index (χ0v) is 10.5. The Labute approximate surface area is 109 Å². The van der Waals surface area contributed by atoms with Gasteiger partial charge >= 0.3 is 0 Å². The minimum Gasteiger partial charge on any atom is -0.506 e. The van der Waals surface area contributed by atoms with Crippen LogP contribution in [0.25, 0.3) is 0 Å². The molecule has 0 amide bonds. The smallest absolute Gasteiger partial charge is 0.254 e. The van der Waals surface area contributed by atoms with Crippen LogP contribution in [0.4, 0.5) is 0 Å². The van der Waals surface area contributed by atoms with Gasteiger partial charge < -0.3 is 14.4 Å². The van der Waals surface area contributed by atoms with Crippen LogP contribution in [-0.2, 0) is 6.54 Å². The summed E-state index contributed by atoms with van der Waals surface area (Å²) < 4.78 is 6.49. The first-order valence-corrected chi connectivity index (χ1v) is 5.70. The first-order valence-electron chi connectivity index (χ1n) is 5.32. The van der Waals surface area contributed by atoms with Gasteiger partial charge in [-0.15, -0.1) is 0 Å². The number of aromatic hydroxyl groups is 1. The summed E-state index contributed by atoms with van der Waals surface area (Å²) in [5, 5.41) is 9.45. The lowest BCUT2D eigenvalue weighted by molar-refractivity contribution is 0.414. The molecule has 1 aromatic carbocycles. The van der Waals surface area contributed by atoms with Crippen LogP contribution in [0, 0.1) is 0 Å². The zero-order chi connectivity index (χ0) is 13.1. The van der Waals surface area contributed by atoms with Gasteiger partial charge in [0.2, 0.25) is 0 Å². The van der Waals surface area contributed by atoms with Crippen molar-refractivity contribution in [1.29, 1.82) is 0 Å². The fraction of sp³-hybridized carbons (Fsp3) is 0.154. The number of benzene rings is 1. The molecule has 0 fully saturated rings. The Bertz CT molecular complexity index is 605. The van der Waals surface area contributed by atoms with Crippen LogP contribution in [0.3, 0.4) is 0 Å². The van der Waals surface area contributed by atoms with Crippen molar-refractivity contribution in [1.82, 2.24) is 4.57 Å². The molecule has 0 radical (unpaired) electrons. The first kappa shape index (κ1) is 12.5. The third-order valence-electron chi connectivity index (χ3n) is 2.57. The van der Waals surface area contributed by atoms with Crippen molar-refractivity contribution in [2.24, 2.45) is 0 Å². The molecule has 5 heteroatoms. The molecule has 2 aromatic rings. The molecule has 0 aliphatic heterocycles. The summed E-state index contributed by atoms with van der Waals surface area (Å²) in [6.45, 7) is 0.392. The van der Waals surface area contributed by atoms with Crippen LogP contribution in [0.5, 0.6) is 11.5 Å². The molecule has 18 heavy (non-hydrogen) atoms. The quantitative estimate of drug-likeness (QED) is 0.926. The molecule has 0 saturated heterocycles. The molecule has 94 valence electrons. The van der Waals surface area contributed by atoms with Gasteiger partial charge in [-0.2, -0.15) is 0 Å². The van der Waals surface area contributed by atoms with Crippen molar-refractivity contribution >= 4 is 11.6 Å². The Morgan fingerprint density at radius 3 is 2.61 bits per heavy atom. The number of rotatable bonds is 3. The molecule has 0 bridgehead atoms. The molecule has 1 heterocycles. The maximum absolute atomic E-state index is 11.6. The van der Waals surface area contributed by atoms with Crippen molar-refractivity contribution in [3.05, 3.63) is 57.5 Å². The Morgan fingerprint density at radius 2 is 2.00 bits per heavy atom. The third-order valence-corrected chi connectivity index (χ3v) is 2.86. The average molecular weight is 266 g/mol. The molecule has 2 rings (SSSR count). The maximum Gasteiger partial charge on any atom is 0.254 e. The molecule has 0 spiro atoms. The summed E-state index contributed by atoms with van der Waals surface area (Å²) in [4.78, 5) is 11.6. The van der Waals surface area contributed by atoms with Gasteiger partial charge in [-0.3, -0.25) is 4.79 Å². The zero-order valence-electron chi connectivity index (χ0n) is 9.76. The highest BCUT2D eigenvalue weighted by Crippen LogP contribution is 2.19. The van der Waals surface area contributed by atoms with E-state index in [1.807, 2.05) is 24.3 Å². The number of nitrogens with zero attached hydrogens (tertiary/aromatic N) is 1. The minimum absolute atomic E-state index is 0.156. The fourth-order valence-corrected chi connectivity index (χ4v) is 1.76. The number of ether oxygens (including phenoxy) is 1. The van der Waals surface area contributed by atoms with Crippen LogP contribution in [0.2, 0.25) is 5.02 Å². The summed E-state index contributed by atoms with van der Waals surface area (Å²) in [7, 11) is 1.60. The van der Waals surface area contributed by atoms with Crippen LogP contribution >= 0.6 is 11.6 Å². The second kappa shape index (κ2) is 5.14. The molecule has 0 saturated carbocycles. The van der Waals surface area contributed by atoms with E-state index >= 15 is 0 Å². The predicted octanol–water partition coefficient (Wildman–Crippen LogP) is 2.26. The van der Waals surface area contributed by atoms with Gasteiger partial charge in [0.15, 0.2) is 0 Å². The van der Waals surface area contributed by atoms with E-state index in [1.54, 1.807) is 7.11 Å². The number of methoxy groups -OCH3 is 1. The van der Waals surface area contributed by atoms with Crippen molar-refractivity contribution < 1.29 is 9.84 Å². The standard InChI is InChI=1S/C13H12ClNO3/c1-18-10-4-2-9(3-5-10)7-15-8-11(14)12(16)6-13(15)17/h2-6,8,16H,7H2,1H3. The highest BCUT2D eigenvalue weighted by molar-refractivity contribution is 6.31. The highest BCUT2D eigenvalue weighted by Gasteiger charge is 2.04. The minimum atomic E-state index is -0.298. The Morgan fingerprint density at radius 1 is 1.33 bits per heavy atom. The van der Waals surface area contributed by atoms with E-state index < -0.39 is 0 Å². The van der Waals surface area contributed by atoms with Gasteiger partial charge in [0, 0.05) is 12.3 Å². The Kier molecular flexibility index (Phi) is 3.58. The van der Waals surface area contributed by atoms with E-state index in [4.69, 9.17) is 16.3 Å². The lowest BCUT2D eigenvalue weighted by Gasteiger charge is -2.07. The van der Waals surface area contributed by atoms with Gasteiger partial charge in [0.25, 0.3) is 5.56 Å². The molecule has 0 aliphatic rings. The van der Waals surface area contributed by atoms with Crippen LogP contribution in [0.1, 0.15) is 5.56 Å². The third kappa shape index (κ3) is 2.65. The molecular weight excluding hydrogens is 254 g/mol. The predicted molar refractivity (Wildman–Crippen MR) is 69.5 cm³/mol. The molecule has 4 nitrogen and oxygen atoms in total. The van der Waals surface area contributed by atoms with E-state index in [2.05, 4.69) is 0 Å². The SMILES string of the molecule is COc1ccc(Cn2cc(Cl)c(O)cc2=O)cc1. The van der Waals surface area contributed by atoms with Gasteiger partial charge in [0.05, 0.1) is 18.7 Å². The lowest BCUT2D eigenvalue weighted by atomic mass is 10.2. The highest BCUT2D eigenvalue weighted by atomic mass is 35.5. The molecule has 1 N–H and O–H groups in total. The summed E-state index contributed by atoms with van der Waals surface area (Å²) in [5.41, 5.74) is 0.646. The van der Waals surface area contributed by atoms with Crippen LogP contribution < -0.4 is 10.3 Å². The fourth-order valence-electron chi connectivity index (χ4n) is 1.59. The summed E-state index contributed by atoms with van der Waals surface area (Å²) in [5.74, 6) is 0.558. The largest absolute Gasteiger partial charge is 0.506 e.